The lowest BCUT2D eigenvalue weighted by Gasteiger charge is -2.22. The monoisotopic (exact) mass is 1100 g/mol. The zero-order chi connectivity index (χ0) is 56.4. The van der Waals surface area contributed by atoms with E-state index in [2.05, 4.69) is 19.2 Å². The molecule has 0 spiro atoms. The number of ether oxygens (including phenoxy) is 1. The normalized spacial score (nSPS) is 12.4. The van der Waals surface area contributed by atoms with Gasteiger partial charge in [0.05, 0.1) is 25.4 Å². The molecule has 0 aliphatic heterocycles. The van der Waals surface area contributed by atoms with Gasteiger partial charge in [-0.15, -0.1) is 0 Å². The van der Waals surface area contributed by atoms with Gasteiger partial charge in [-0.05, 0) is 25.7 Å². The van der Waals surface area contributed by atoms with Crippen LogP contribution in [-0.4, -0.2) is 47.4 Å². The van der Waals surface area contributed by atoms with E-state index in [1.807, 2.05) is 0 Å². The van der Waals surface area contributed by atoms with Gasteiger partial charge in [0.1, 0.15) is 0 Å². The zero-order valence-corrected chi connectivity index (χ0v) is 53.4. The molecule has 78 heavy (non-hydrogen) atoms. The minimum absolute atomic E-state index is 0.0210. The van der Waals surface area contributed by atoms with Crippen LogP contribution >= 0.6 is 0 Å². The molecule has 0 radical (unpaired) electrons. The molecule has 0 saturated heterocycles. The van der Waals surface area contributed by atoms with Gasteiger partial charge in [0.15, 0.2) is 0 Å². The second kappa shape index (κ2) is 68.4. The largest absolute Gasteiger partial charge is 0.466 e. The van der Waals surface area contributed by atoms with E-state index in [9.17, 15) is 19.8 Å². The second-order valence-corrected chi connectivity index (χ2v) is 25.3. The van der Waals surface area contributed by atoms with Crippen LogP contribution in [0.5, 0.6) is 0 Å². The highest BCUT2D eigenvalue weighted by molar-refractivity contribution is 5.76. The van der Waals surface area contributed by atoms with Crippen LogP contribution in [0.2, 0.25) is 0 Å². The minimum Gasteiger partial charge on any atom is -0.466 e. The molecule has 3 N–H and O–H groups in total. The van der Waals surface area contributed by atoms with E-state index in [1.165, 1.54) is 353 Å². The molecule has 466 valence electrons. The smallest absolute Gasteiger partial charge is 0.305 e. The van der Waals surface area contributed by atoms with Crippen LogP contribution in [0.3, 0.4) is 0 Å². The number of nitrogens with one attached hydrogen (secondary N) is 1. The van der Waals surface area contributed by atoms with Gasteiger partial charge in [-0.2, -0.15) is 0 Å². The summed E-state index contributed by atoms with van der Waals surface area (Å²) in [5.41, 5.74) is 0. The van der Waals surface area contributed by atoms with Gasteiger partial charge in [-0.25, -0.2) is 0 Å². The molecular weight excluding hydrogens is 959 g/mol. The highest BCUT2D eigenvalue weighted by atomic mass is 16.5. The lowest BCUT2D eigenvalue weighted by Crippen LogP contribution is -2.45. The molecule has 0 aromatic heterocycles. The Bertz CT molecular complexity index is 1130. The van der Waals surface area contributed by atoms with Crippen molar-refractivity contribution in [2.24, 2.45) is 0 Å². The summed E-state index contributed by atoms with van der Waals surface area (Å²) >= 11 is 0. The Morgan fingerprint density at radius 2 is 0.526 bits per heavy atom. The van der Waals surface area contributed by atoms with Crippen LogP contribution < -0.4 is 5.32 Å². The summed E-state index contributed by atoms with van der Waals surface area (Å²) in [5.74, 6) is -0.00607. The fraction of sp³-hybridized carbons (Fsp3) is 0.972. The SMILES string of the molecule is CCCCCCCCCCCCCCCCCCCCCCCC(O)C(CO)NC(=O)CCCCCCCCCCCCCCCCCCCCCCCCCCCCOC(=O)CCCCCCCCCCCCCCCC. The number of hydrogen-bond donors (Lipinski definition) is 3. The van der Waals surface area contributed by atoms with Crippen molar-refractivity contribution >= 4 is 11.9 Å². The van der Waals surface area contributed by atoms with Gasteiger partial charge in [0.25, 0.3) is 0 Å². The Hall–Kier alpha value is -1.14. The molecule has 0 fully saturated rings. The van der Waals surface area contributed by atoms with Crippen molar-refractivity contribution < 1.29 is 24.5 Å². The first-order valence-corrected chi connectivity index (χ1v) is 36.3. The Kier molecular flexibility index (Phi) is 67.4. The Labute approximate surface area is 489 Å². The van der Waals surface area contributed by atoms with Crippen LogP contribution in [0, 0.1) is 0 Å². The first kappa shape index (κ1) is 76.9. The van der Waals surface area contributed by atoms with E-state index < -0.39 is 12.1 Å². The molecule has 0 aromatic carbocycles. The maximum Gasteiger partial charge on any atom is 0.305 e. The van der Waals surface area contributed by atoms with E-state index in [0.29, 0.717) is 25.9 Å². The zero-order valence-electron chi connectivity index (χ0n) is 53.4. The number of carbonyl (C=O) groups excluding carboxylic acids is 2. The third kappa shape index (κ3) is 64.0. The minimum atomic E-state index is -0.663. The predicted octanol–water partition coefficient (Wildman–Crippen LogP) is 23.4. The van der Waals surface area contributed by atoms with Crippen LogP contribution in [0.25, 0.3) is 0 Å². The molecule has 0 aromatic rings. The summed E-state index contributed by atoms with van der Waals surface area (Å²) in [4.78, 5) is 24.6. The Morgan fingerprint density at radius 3 is 0.782 bits per heavy atom. The van der Waals surface area contributed by atoms with Crippen molar-refractivity contribution in [2.45, 2.75) is 437 Å². The third-order valence-corrected chi connectivity index (χ3v) is 17.4. The molecule has 6 heteroatoms. The lowest BCUT2D eigenvalue weighted by atomic mass is 10.0. The molecule has 0 saturated carbocycles. The van der Waals surface area contributed by atoms with Gasteiger partial charge < -0.3 is 20.3 Å². The molecule has 6 nitrogen and oxygen atoms in total. The van der Waals surface area contributed by atoms with Crippen molar-refractivity contribution in [3.8, 4) is 0 Å². The van der Waals surface area contributed by atoms with Gasteiger partial charge in [0.2, 0.25) is 5.91 Å². The second-order valence-electron chi connectivity index (χ2n) is 25.3. The van der Waals surface area contributed by atoms with E-state index in [-0.39, 0.29) is 18.5 Å². The van der Waals surface area contributed by atoms with Crippen molar-refractivity contribution in [3.05, 3.63) is 0 Å². The number of unbranched alkanes of at least 4 members (excludes halogenated alkanes) is 58. The maximum atomic E-state index is 12.5. The Balaban J connectivity index is 3.34. The molecule has 0 heterocycles. The quantitative estimate of drug-likeness (QED) is 0.0417. The Morgan fingerprint density at radius 1 is 0.308 bits per heavy atom. The average molecular weight is 1100 g/mol. The lowest BCUT2D eigenvalue weighted by molar-refractivity contribution is -0.143. The molecule has 0 rings (SSSR count). The number of aliphatic hydroxyl groups excluding tert-OH is 2. The number of amides is 1. The summed E-state index contributed by atoms with van der Waals surface area (Å²) in [6, 6.07) is -0.539. The van der Waals surface area contributed by atoms with Crippen LogP contribution in [0.4, 0.5) is 0 Å². The van der Waals surface area contributed by atoms with Crippen molar-refractivity contribution in [3.63, 3.8) is 0 Å². The first-order chi connectivity index (χ1) is 38.5. The predicted molar refractivity (Wildman–Crippen MR) is 343 cm³/mol. The number of hydrogen-bond acceptors (Lipinski definition) is 5. The molecule has 1 amide bonds. The van der Waals surface area contributed by atoms with Crippen LogP contribution in [0.15, 0.2) is 0 Å². The third-order valence-electron chi connectivity index (χ3n) is 17.4. The summed E-state index contributed by atoms with van der Waals surface area (Å²) < 4.78 is 5.50. The van der Waals surface area contributed by atoms with Gasteiger partial charge in [-0.1, -0.05) is 386 Å². The molecule has 2 atom stereocenters. The van der Waals surface area contributed by atoms with Crippen molar-refractivity contribution in [1.29, 1.82) is 0 Å². The molecule has 0 bridgehead atoms. The molecule has 0 aliphatic carbocycles. The summed E-state index contributed by atoms with van der Waals surface area (Å²) in [5, 5.41) is 23.4. The topological polar surface area (TPSA) is 95.9 Å². The molecule has 0 aliphatic rings. The van der Waals surface area contributed by atoms with Crippen molar-refractivity contribution in [2.75, 3.05) is 13.2 Å². The van der Waals surface area contributed by atoms with Gasteiger partial charge in [-0.3, -0.25) is 9.59 Å². The summed E-state index contributed by atoms with van der Waals surface area (Å²) in [7, 11) is 0. The van der Waals surface area contributed by atoms with E-state index in [1.54, 1.807) is 0 Å². The summed E-state index contributed by atoms with van der Waals surface area (Å²) in [6.07, 6.45) is 83.0. The first-order valence-electron chi connectivity index (χ1n) is 36.3. The number of esters is 1. The summed E-state index contributed by atoms with van der Waals surface area (Å²) in [6.45, 7) is 5.01. The molecular formula is C72H143NO5. The van der Waals surface area contributed by atoms with Crippen LogP contribution in [0.1, 0.15) is 425 Å². The standard InChI is InChI=1S/C72H143NO5/c1-3-5-7-9-11-13-15-17-19-20-21-28-31-34-37-40-44-48-52-56-60-64-70(75)69(68-74)73-71(76)65-61-57-53-49-45-41-38-35-32-29-26-24-22-23-25-27-30-33-36-39-43-47-51-55-59-63-67-78-72(77)66-62-58-54-50-46-42-18-16-14-12-10-8-6-4-2/h69-70,74-75H,3-68H2,1-2H3,(H,73,76). The van der Waals surface area contributed by atoms with Gasteiger partial charge >= 0.3 is 5.97 Å². The maximum absolute atomic E-state index is 12.5. The van der Waals surface area contributed by atoms with E-state index in [0.717, 1.165) is 38.5 Å². The van der Waals surface area contributed by atoms with E-state index >= 15 is 0 Å². The number of rotatable bonds is 69. The fourth-order valence-corrected chi connectivity index (χ4v) is 11.9. The number of aliphatic hydroxyl groups is 2. The number of carbonyl (C=O) groups is 2. The van der Waals surface area contributed by atoms with Crippen LogP contribution in [-0.2, 0) is 14.3 Å². The van der Waals surface area contributed by atoms with Gasteiger partial charge in [0, 0.05) is 12.8 Å². The highest BCUT2D eigenvalue weighted by Crippen LogP contribution is 2.20. The molecule has 2 unspecified atom stereocenters. The van der Waals surface area contributed by atoms with Crippen molar-refractivity contribution in [1.82, 2.24) is 5.32 Å². The highest BCUT2D eigenvalue weighted by Gasteiger charge is 2.20. The fourth-order valence-electron chi connectivity index (χ4n) is 11.9. The average Bonchev–Trinajstić information content (AvgIpc) is 3.44. The van der Waals surface area contributed by atoms with E-state index in [4.69, 9.17) is 4.74 Å².